The fourth-order valence-electron chi connectivity index (χ4n) is 2.32. The van der Waals surface area contributed by atoms with Gasteiger partial charge < -0.3 is 5.11 Å². The Kier molecular flexibility index (Phi) is 3.49. The molecule has 6 nitrogen and oxygen atoms in total. The highest BCUT2D eigenvalue weighted by atomic mass is 17.0. The molecule has 86 valence electrons. The van der Waals surface area contributed by atoms with Gasteiger partial charge in [-0.2, -0.15) is 0 Å². The van der Waals surface area contributed by atoms with Crippen LogP contribution < -0.4 is 0 Å². The minimum Gasteiger partial charge on any atom is -0.479 e. The molecule has 0 heterocycles. The zero-order chi connectivity index (χ0) is 11.5. The monoisotopic (exact) mass is 217 g/mol. The normalized spacial score (nSPS) is 30.9. The van der Waals surface area contributed by atoms with Crippen molar-refractivity contribution in [1.29, 1.82) is 0 Å². The Morgan fingerprint density at radius 1 is 1.67 bits per heavy atom. The molecule has 1 rings (SSSR count). The second-order valence-corrected chi connectivity index (χ2v) is 3.86. The summed E-state index contributed by atoms with van der Waals surface area (Å²) in [6, 6.07) is 0. The van der Waals surface area contributed by atoms with E-state index in [1.165, 1.54) is 0 Å². The lowest BCUT2D eigenvalue weighted by molar-refractivity contribution is -0.780. The van der Waals surface area contributed by atoms with Crippen molar-refractivity contribution in [3.05, 3.63) is 10.1 Å². The highest BCUT2D eigenvalue weighted by Gasteiger charge is 2.50. The van der Waals surface area contributed by atoms with E-state index >= 15 is 0 Å². The van der Waals surface area contributed by atoms with Gasteiger partial charge in [0.2, 0.25) is 5.60 Å². The largest absolute Gasteiger partial charge is 0.479 e. The summed E-state index contributed by atoms with van der Waals surface area (Å²) in [4.78, 5) is 26.0. The Bertz CT molecular complexity index is 267. The smallest absolute Gasteiger partial charge is 0.336 e. The number of aliphatic carboxylic acids is 1. The van der Waals surface area contributed by atoms with Crippen LogP contribution >= 0.6 is 0 Å². The number of nitrogens with zero attached hydrogens (tertiary/aromatic N) is 1. The first kappa shape index (κ1) is 11.7. The molecule has 0 aliphatic heterocycles. The number of hydrogen-bond donors (Lipinski definition) is 1. The van der Waals surface area contributed by atoms with E-state index in [-0.39, 0.29) is 12.3 Å². The minimum atomic E-state index is -1.61. The average molecular weight is 217 g/mol. The van der Waals surface area contributed by atoms with Crippen molar-refractivity contribution in [2.24, 2.45) is 5.92 Å². The molecule has 0 radical (unpaired) electrons. The van der Waals surface area contributed by atoms with Gasteiger partial charge in [0, 0.05) is 0 Å². The molecule has 15 heavy (non-hydrogen) atoms. The topological polar surface area (TPSA) is 89.7 Å². The van der Waals surface area contributed by atoms with E-state index < -0.39 is 16.7 Å². The van der Waals surface area contributed by atoms with Gasteiger partial charge in [-0.25, -0.2) is 4.79 Å². The van der Waals surface area contributed by atoms with Gasteiger partial charge >= 0.3 is 5.97 Å². The molecule has 1 aliphatic carbocycles. The van der Waals surface area contributed by atoms with Crippen molar-refractivity contribution < 1.29 is 19.8 Å². The van der Waals surface area contributed by atoms with Gasteiger partial charge in [-0.05, 0) is 18.8 Å². The summed E-state index contributed by atoms with van der Waals surface area (Å²) in [6.45, 7) is 1.83. The second-order valence-electron chi connectivity index (χ2n) is 3.86. The van der Waals surface area contributed by atoms with Crippen LogP contribution in [-0.2, 0) is 9.63 Å². The summed E-state index contributed by atoms with van der Waals surface area (Å²) >= 11 is 0. The lowest BCUT2D eigenvalue weighted by Gasteiger charge is -2.37. The molecule has 6 heteroatoms. The van der Waals surface area contributed by atoms with Crippen LogP contribution in [0.5, 0.6) is 0 Å². The van der Waals surface area contributed by atoms with Gasteiger partial charge in [0.1, 0.15) is 0 Å². The van der Waals surface area contributed by atoms with Gasteiger partial charge in [-0.1, -0.05) is 26.2 Å². The van der Waals surface area contributed by atoms with Crippen molar-refractivity contribution in [3.63, 3.8) is 0 Å². The van der Waals surface area contributed by atoms with Crippen LogP contribution in [0.25, 0.3) is 0 Å². The highest BCUT2D eigenvalue weighted by molar-refractivity contribution is 5.78. The third-order valence-corrected chi connectivity index (χ3v) is 3.10. The third kappa shape index (κ3) is 2.19. The summed E-state index contributed by atoms with van der Waals surface area (Å²) < 4.78 is 0. The van der Waals surface area contributed by atoms with E-state index in [1.54, 1.807) is 0 Å². The van der Waals surface area contributed by atoms with Gasteiger partial charge in [0.25, 0.3) is 5.09 Å². The maximum atomic E-state index is 11.2. The maximum absolute atomic E-state index is 11.2. The van der Waals surface area contributed by atoms with Crippen molar-refractivity contribution in [2.45, 2.75) is 44.6 Å². The van der Waals surface area contributed by atoms with Gasteiger partial charge in [0.05, 0.1) is 0 Å². The van der Waals surface area contributed by atoms with Gasteiger partial charge in [-0.3, -0.25) is 4.84 Å². The lowest BCUT2D eigenvalue weighted by atomic mass is 9.74. The SMILES string of the molecule is CCC1CCCCC1(O[N+](=O)[O-])C(=O)O. The first-order chi connectivity index (χ1) is 7.03. The fourth-order valence-corrected chi connectivity index (χ4v) is 2.32. The molecule has 0 saturated heterocycles. The standard InChI is InChI=1S/C9H15NO5/c1-2-7-5-3-4-6-9(7,8(11)12)15-10(13)14/h7H,2-6H2,1H3,(H,11,12). The second kappa shape index (κ2) is 4.46. The molecule has 1 fully saturated rings. The lowest BCUT2D eigenvalue weighted by Crippen LogP contribution is -2.51. The predicted molar refractivity (Wildman–Crippen MR) is 50.7 cm³/mol. The third-order valence-electron chi connectivity index (χ3n) is 3.10. The molecule has 1 N–H and O–H groups in total. The van der Waals surface area contributed by atoms with E-state index in [0.29, 0.717) is 19.3 Å². The molecule has 1 saturated carbocycles. The Labute approximate surface area is 87.3 Å². The first-order valence-corrected chi connectivity index (χ1v) is 5.10. The molecule has 0 bridgehead atoms. The summed E-state index contributed by atoms with van der Waals surface area (Å²) in [5.41, 5.74) is -1.61. The van der Waals surface area contributed by atoms with Crippen LogP contribution in [0.15, 0.2) is 0 Å². The van der Waals surface area contributed by atoms with Crippen molar-refractivity contribution in [3.8, 4) is 0 Å². The average Bonchev–Trinajstić information content (AvgIpc) is 2.17. The number of carboxylic acids is 1. The molecule has 0 spiro atoms. The van der Waals surface area contributed by atoms with Gasteiger partial charge in [-0.15, -0.1) is 10.1 Å². The van der Waals surface area contributed by atoms with Crippen LogP contribution in [0.1, 0.15) is 39.0 Å². The van der Waals surface area contributed by atoms with Gasteiger partial charge in [0.15, 0.2) is 0 Å². The van der Waals surface area contributed by atoms with Crippen molar-refractivity contribution >= 4 is 5.97 Å². The summed E-state index contributed by atoms with van der Waals surface area (Å²) in [6.07, 6.45) is 3.06. The van der Waals surface area contributed by atoms with Crippen molar-refractivity contribution in [1.82, 2.24) is 0 Å². The van der Waals surface area contributed by atoms with Crippen LogP contribution in [-0.4, -0.2) is 21.8 Å². The number of carboxylic acid groups (broad SMARTS) is 1. The fraction of sp³-hybridized carbons (Fsp3) is 0.889. The molecule has 2 atom stereocenters. The van der Waals surface area contributed by atoms with Crippen LogP contribution in [0.3, 0.4) is 0 Å². The molecular weight excluding hydrogens is 202 g/mol. The molecule has 0 aromatic heterocycles. The maximum Gasteiger partial charge on any atom is 0.336 e. The number of hydrogen-bond acceptors (Lipinski definition) is 4. The van der Waals surface area contributed by atoms with E-state index in [9.17, 15) is 14.9 Å². The molecule has 0 aromatic carbocycles. The van der Waals surface area contributed by atoms with E-state index in [1.807, 2.05) is 6.92 Å². The predicted octanol–water partition coefficient (Wildman–Crippen LogP) is 1.62. The molecular formula is C9H15NO5. The van der Waals surface area contributed by atoms with E-state index in [0.717, 1.165) is 6.42 Å². The summed E-state index contributed by atoms with van der Waals surface area (Å²) in [5, 5.41) is 18.5. The molecule has 1 aliphatic rings. The Morgan fingerprint density at radius 3 is 2.80 bits per heavy atom. The highest BCUT2D eigenvalue weighted by Crippen LogP contribution is 2.39. The quantitative estimate of drug-likeness (QED) is 0.570. The van der Waals surface area contributed by atoms with Crippen molar-refractivity contribution in [2.75, 3.05) is 0 Å². The Hall–Kier alpha value is -1.33. The van der Waals surface area contributed by atoms with Crippen LogP contribution in [0, 0.1) is 16.0 Å². The molecule has 2 unspecified atom stereocenters. The van der Waals surface area contributed by atoms with E-state index in [4.69, 9.17) is 5.11 Å². The zero-order valence-electron chi connectivity index (χ0n) is 8.64. The summed E-state index contributed by atoms with van der Waals surface area (Å²) in [5.74, 6) is -1.49. The number of carbonyl (C=O) groups is 1. The minimum absolute atomic E-state index is 0.224. The first-order valence-electron chi connectivity index (χ1n) is 5.10. The van der Waals surface area contributed by atoms with Crippen LogP contribution in [0.4, 0.5) is 0 Å². The Morgan fingerprint density at radius 2 is 2.33 bits per heavy atom. The molecule has 0 amide bonds. The number of rotatable bonds is 4. The molecule has 0 aromatic rings. The summed E-state index contributed by atoms with van der Waals surface area (Å²) in [7, 11) is 0. The Balaban J connectivity index is 2.94. The zero-order valence-corrected chi connectivity index (χ0v) is 8.64. The van der Waals surface area contributed by atoms with Crippen LogP contribution in [0.2, 0.25) is 0 Å². The van der Waals surface area contributed by atoms with E-state index in [2.05, 4.69) is 4.84 Å².